The number of thiophene rings is 1. The molecule has 1 atom stereocenters. The number of nitrogens with zero attached hydrogens (tertiary/aromatic N) is 2. The zero-order valence-corrected chi connectivity index (χ0v) is 14.0. The number of hydrogen-bond acceptors (Lipinski definition) is 3. The van der Waals surface area contributed by atoms with E-state index in [1.54, 1.807) is 11.3 Å². The van der Waals surface area contributed by atoms with Crippen LogP contribution in [0.1, 0.15) is 45.1 Å². The second-order valence-corrected chi connectivity index (χ2v) is 7.34. The average molecular weight is 314 g/mol. The van der Waals surface area contributed by atoms with Crippen LogP contribution < -0.4 is 0 Å². The topological polar surface area (TPSA) is 33.2 Å². The predicted octanol–water partition coefficient (Wildman–Crippen LogP) is 4.00. The Bertz CT molecular complexity index is 665. The van der Waals surface area contributed by atoms with Gasteiger partial charge in [-0.3, -0.25) is 9.78 Å². The van der Waals surface area contributed by atoms with Crippen molar-refractivity contribution in [2.24, 2.45) is 0 Å². The van der Waals surface area contributed by atoms with Gasteiger partial charge in [0.15, 0.2) is 0 Å². The van der Waals surface area contributed by atoms with E-state index < -0.39 is 0 Å². The van der Waals surface area contributed by atoms with Crippen LogP contribution in [0.4, 0.5) is 0 Å². The fraction of sp³-hybridized carbons (Fsp3) is 0.444. The number of aryl methyl sites for hydroxylation is 3. The van der Waals surface area contributed by atoms with Gasteiger partial charge in [-0.05, 0) is 69.4 Å². The molecule has 0 spiro atoms. The molecule has 0 radical (unpaired) electrons. The summed E-state index contributed by atoms with van der Waals surface area (Å²) in [7, 11) is 0. The number of pyridine rings is 1. The third kappa shape index (κ3) is 3.38. The molecule has 2 aromatic heterocycles. The number of aromatic nitrogens is 1. The summed E-state index contributed by atoms with van der Waals surface area (Å²) in [5.41, 5.74) is 2.38. The lowest BCUT2D eigenvalue weighted by atomic mass is 10.0. The molecule has 4 heteroatoms. The minimum atomic E-state index is 0.214. The Hall–Kier alpha value is -1.68. The molecule has 1 unspecified atom stereocenters. The van der Waals surface area contributed by atoms with Gasteiger partial charge in [0.2, 0.25) is 0 Å². The fourth-order valence-corrected chi connectivity index (χ4v) is 4.01. The van der Waals surface area contributed by atoms with Gasteiger partial charge in [-0.2, -0.15) is 0 Å². The Morgan fingerprint density at radius 3 is 2.95 bits per heavy atom. The molecule has 3 heterocycles. The van der Waals surface area contributed by atoms with Gasteiger partial charge in [-0.1, -0.05) is 0 Å². The predicted molar refractivity (Wildman–Crippen MR) is 90.4 cm³/mol. The van der Waals surface area contributed by atoms with Crippen LogP contribution in [-0.4, -0.2) is 28.4 Å². The summed E-state index contributed by atoms with van der Waals surface area (Å²) >= 11 is 1.60. The molecular weight excluding hydrogens is 292 g/mol. The smallest absolute Gasteiger partial charge is 0.264 e. The average Bonchev–Trinajstić information content (AvgIpc) is 3.13. The van der Waals surface area contributed by atoms with Gasteiger partial charge in [-0.15, -0.1) is 11.3 Å². The van der Waals surface area contributed by atoms with Crippen molar-refractivity contribution in [1.29, 1.82) is 0 Å². The molecule has 22 heavy (non-hydrogen) atoms. The lowest BCUT2D eigenvalue weighted by Crippen LogP contribution is -2.35. The van der Waals surface area contributed by atoms with Crippen molar-refractivity contribution in [3.05, 3.63) is 51.5 Å². The highest BCUT2D eigenvalue weighted by molar-refractivity contribution is 7.13. The van der Waals surface area contributed by atoms with E-state index in [0.29, 0.717) is 6.04 Å². The Morgan fingerprint density at radius 2 is 2.23 bits per heavy atom. The Kier molecular flexibility index (Phi) is 4.57. The van der Waals surface area contributed by atoms with E-state index in [2.05, 4.69) is 28.9 Å². The van der Waals surface area contributed by atoms with E-state index in [1.807, 2.05) is 25.3 Å². The van der Waals surface area contributed by atoms with Crippen molar-refractivity contribution in [2.45, 2.75) is 45.6 Å². The number of carbonyl (C=O) groups excluding carboxylic acids is 1. The van der Waals surface area contributed by atoms with Gasteiger partial charge in [-0.25, -0.2) is 0 Å². The van der Waals surface area contributed by atoms with Gasteiger partial charge < -0.3 is 4.90 Å². The van der Waals surface area contributed by atoms with Crippen molar-refractivity contribution in [3.8, 4) is 0 Å². The molecule has 1 fully saturated rings. The molecule has 0 aromatic carbocycles. The summed E-state index contributed by atoms with van der Waals surface area (Å²) < 4.78 is 0. The Labute approximate surface area is 136 Å². The third-order valence-corrected chi connectivity index (χ3v) is 5.31. The van der Waals surface area contributed by atoms with Gasteiger partial charge in [0, 0.05) is 29.4 Å². The third-order valence-electron chi connectivity index (χ3n) is 4.32. The maximum Gasteiger partial charge on any atom is 0.264 e. The van der Waals surface area contributed by atoms with Crippen LogP contribution in [0.25, 0.3) is 0 Å². The maximum atomic E-state index is 12.7. The molecule has 1 saturated heterocycles. The summed E-state index contributed by atoms with van der Waals surface area (Å²) in [5, 5.41) is 0. The first-order chi connectivity index (χ1) is 10.6. The van der Waals surface area contributed by atoms with Crippen molar-refractivity contribution < 1.29 is 4.79 Å². The van der Waals surface area contributed by atoms with Crippen LogP contribution in [-0.2, 0) is 6.42 Å². The van der Waals surface area contributed by atoms with Gasteiger partial charge in [0.05, 0.1) is 4.88 Å². The summed E-state index contributed by atoms with van der Waals surface area (Å²) in [6, 6.07) is 8.59. The fourth-order valence-electron chi connectivity index (χ4n) is 3.19. The van der Waals surface area contributed by atoms with Gasteiger partial charge in [0.1, 0.15) is 0 Å². The molecule has 1 amide bonds. The lowest BCUT2D eigenvalue weighted by Gasteiger charge is -2.24. The summed E-state index contributed by atoms with van der Waals surface area (Å²) in [5.74, 6) is 0.214. The highest BCUT2D eigenvalue weighted by Crippen LogP contribution is 2.26. The quantitative estimate of drug-likeness (QED) is 0.854. The van der Waals surface area contributed by atoms with Crippen LogP contribution in [0.2, 0.25) is 0 Å². The number of carbonyl (C=O) groups is 1. The standard InChI is InChI=1S/C18H22N2OS/c1-13-12-15(9-10-19-13)6-7-16-4-3-11-20(16)18(21)17-8-5-14(2)22-17/h5,8-10,12,16H,3-4,6-7,11H2,1-2H3. The van der Waals surface area contributed by atoms with E-state index in [1.165, 1.54) is 10.4 Å². The molecule has 3 nitrogen and oxygen atoms in total. The Morgan fingerprint density at radius 1 is 1.36 bits per heavy atom. The van der Waals surface area contributed by atoms with Crippen molar-refractivity contribution in [1.82, 2.24) is 9.88 Å². The number of rotatable bonds is 4. The Balaban J connectivity index is 1.64. The molecule has 116 valence electrons. The zero-order chi connectivity index (χ0) is 15.5. The summed E-state index contributed by atoms with van der Waals surface area (Å²) in [6.07, 6.45) is 6.17. The first-order valence-corrected chi connectivity index (χ1v) is 8.74. The monoisotopic (exact) mass is 314 g/mol. The molecular formula is C18H22N2OS. The van der Waals surface area contributed by atoms with Crippen LogP contribution in [0, 0.1) is 13.8 Å². The molecule has 1 aliphatic heterocycles. The van der Waals surface area contributed by atoms with Crippen molar-refractivity contribution >= 4 is 17.2 Å². The van der Waals surface area contributed by atoms with Crippen molar-refractivity contribution in [3.63, 3.8) is 0 Å². The maximum absolute atomic E-state index is 12.7. The molecule has 1 aliphatic rings. The summed E-state index contributed by atoms with van der Waals surface area (Å²) in [4.78, 5) is 21.1. The second-order valence-electron chi connectivity index (χ2n) is 6.05. The van der Waals surface area contributed by atoms with Crippen LogP contribution in [0.5, 0.6) is 0 Å². The van der Waals surface area contributed by atoms with E-state index in [4.69, 9.17) is 0 Å². The molecule has 2 aromatic rings. The second kappa shape index (κ2) is 6.61. The van der Waals surface area contributed by atoms with E-state index >= 15 is 0 Å². The lowest BCUT2D eigenvalue weighted by molar-refractivity contribution is 0.0735. The van der Waals surface area contributed by atoms with Crippen molar-refractivity contribution in [2.75, 3.05) is 6.54 Å². The van der Waals surface area contributed by atoms with Crippen LogP contribution >= 0.6 is 11.3 Å². The minimum Gasteiger partial charge on any atom is -0.335 e. The zero-order valence-electron chi connectivity index (χ0n) is 13.2. The van der Waals surface area contributed by atoms with E-state index in [9.17, 15) is 4.79 Å². The summed E-state index contributed by atoms with van der Waals surface area (Å²) in [6.45, 7) is 4.97. The normalized spacial score (nSPS) is 17.9. The highest BCUT2D eigenvalue weighted by atomic mass is 32.1. The van der Waals surface area contributed by atoms with Gasteiger partial charge >= 0.3 is 0 Å². The molecule has 0 bridgehead atoms. The molecule has 0 saturated carbocycles. The minimum absolute atomic E-state index is 0.214. The van der Waals surface area contributed by atoms with E-state index in [0.717, 1.165) is 42.8 Å². The largest absolute Gasteiger partial charge is 0.335 e. The molecule has 0 aliphatic carbocycles. The highest BCUT2D eigenvalue weighted by Gasteiger charge is 2.29. The number of likely N-dealkylation sites (tertiary alicyclic amines) is 1. The molecule has 3 rings (SSSR count). The number of hydrogen-bond donors (Lipinski definition) is 0. The van der Waals surface area contributed by atoms with Crippen LogP contribution in [0.3, 0.4) is 0 Å². The SMILES string of the molecule is Cc1cc(CCC2CCCN2C(=O)c2ccc(C)s2)ccn1. The number of amides is 1. The first-order valence-electron chi connectivity index (χ1n) is 7.92. The van der Waals surface area contributed by atoms with Gasteiger partial charge in [0.25, 0.3) is 5.91 Å². The van der Waals surface area contributed by atoms with E-state index in [-0.39, 0.29) is 5.91 Å². The first kappa shape index (κ1) is 15.2. The molecule has 0 N–H and O–H groups in total. The van der Waals surface area contributed by atoms with Crippen LogP contribution in [0.15, 0.2) is 30.5 Å².